The van der Waals surface area contributed by atoms with Gasteiger partial charge in [0.2, 0.25) is 0 Å². The van der Waals surface area contributed by atoms with Gasteiger partial charge in [0.1, 0.15) is 6.61 Å². The van der Waals surface area contributed by atoms with Gasteiger partial charge in [-0.3, -0.25) is 4.90 Å². The minimum Gasteiger partial charge on any atom is -0.493 e. The van der Waals surface area contributed by atoms with E-state index in [0.29, 0.717) is 49.8 Å². The third-order valence-electron chi connectivity index (χ3n) is 4.83. The van der Waals surface area contributed by atoms with Crippen LogP contribution in [0.1, 0.15) is 23.6 Å². The Hall–Kier alpha value is -1.96. The molecule has 8 heteroatoms. The molecule has 0 bridgehead atoms. The summed E-state index contributed by atoms with van der Waals surface area (Å²) in [7, 11) is 1.52. The van der Waals surface area contributed by atoms with Crippen molar-refractivity contribution in [2.24, 2.45) is 0 Å². The molecular formula is C21H26ClF3N2O2. The smallest absolute Gasteiger partial charge is 0.390 e. The van der Waals surface area contributed by atoms with Crippen molar-refractivity contribution >= 4 is 12.4 Å². The number of nitrogens with zero attached hydrogens (tertiary/aromatic N) is 1. The quantitative estimate of drug-likeness (QED) is 0.696. The van der Waals surface area contributed by atoms with Crippen LogP contribution in [0.3, 0.4) is 0 Å². The van der Waals surface area contributed by atoms with Crippen LogP contribution in [0.25, 0.3) is 0 Å². The lowest BCUT2D eigenvalue weighted by Gasteiger charge is -2.35. The Morgan fingerprint density at radius 3 is 2.34 bits per heavy atom. The Bertz CT molecular complexity index is 753. The van der Waals surface area contributed by atoms with Crippen LogP contribution in [-0.4, -0.2) is 44.4 Å². The zero-order chi connectivity index (χ0) is 20.0. The lowest BCUT2D eigenvalue weighted by atomic mass is 10.00. The highest BCUT2D eigenvalue weighted by Crippen LogP contribution is 2.38. The number of alkyl halides is 3. The number of piperazine rings is 1. The third-order valence-corrected chi connectivity index (χ3v) is 4.83. The average molecular weight is 431 g/mol. The molecule has 29 heavy (non-hydrogen) atoms. The van der Waals surface area contributed by atoms with Crippen molar-refractivity contribution in [1.29, 1.82) is 0 Å². The molecule has 1 saturated heterocycles. The molecule has 0 radical (unpaired) electrons. The van der Waals surface area contributed by atoms with Gasteiger partial charge in [-0.2, -0.15) is 13.2 Å². The van der Waals surface area contributed by atoms with E-state index in [1.807, 2.05) is 35.2 Å². The molecule has 3 rings (SSSR count). The Labute approximate surface area is 175 Å². The van der Waals surface area contributed by atoms with Crippen LogP contribution in [0.4, 0.5) is 13.2 Å². The average Bonchev–Trinajstić information content (AvgIpc) is 2.71. The Kier molecular flexibility index (Phi) is 8.61. The topological polar surface area (TPSA) is 33.7 Å². The molecule has 2 aromatic rings. The number of rotatable bonds is 7. The van der Waals surface area contributed by atoms with Crippen molar-refractivity contribution in [3.8, 4) is 11.5 Å². The first-order chi connectivity index (χ1) is 13.5. The summed E-state index contributed by atoms with van der Waals surface area (Å²) in [5.41, 5.74) is 1.56. The van der Waals surface area contributed by atoms with Gasteiger partial charge in [0.15, 0.2) is 11.5 Å². The van der Waals surface area contributed by atoms with Crippen molar-refractivity contribution in [3.05, 3.63) is 59.7 Å². The van der Waals surface area contributed by atoms with Gasteiger partial charge in [-0.1, -0.05) is 36.4 Å². The number of ether oxygens (including phenoxy) is 2. The van der Waals surface area contributed by atoms with Crippen LogP contribution in [0.2, 0.25) is 0 Å². The van der Waals surface area contributed by atoms with E-state index in [0.717, 1.165) is 5.56 Å². The first-order valence-corrected chi connectivity index (χ1v) is 9.32. The second-order valence-corrected chi connectivity index (χ2v) is 6.81. The van der Waals surface area contributed by atoms with Crippen molar-refractivity contribution in [3.63, 3.8) is 0 Å². The Morgan fingerprint density at radius 1 is 1.03 bits per heavy atom. The molecule has 0 aromatic heterocycles. The van der Waals surface area contributed by atoms with Gasteiger partial charge in [0.25, 0.3) is 0 Å². The molecule has 4 nitrogen and oxygen atoms in total. The van der Waals surface area contributed by atoms with Gasteiger partial charge in [0, 0.05) is 32.2 Å². The van der Waals surface area contributed by atoms with Crippen molar-refractivity contribution < 1.29 is 22.6 Å². The summed E-state index contributed by atoms with van der Waals surface area (Å²) in [5.74, 6) is 0.955. The summed E-state index contributed by atoms with van der Waals surface area (Å²) in [6, 6.07) is 13.9. The number of benzene rings is 2. The highest BCUT2D eigenvalue weighted by Gasteiger charge is 2.36. The summed E-state index contributed by atoms with van der Waals surface area (Å²) in [4.78, 5) is 1.88. The van der Waals surface area contributed by atoms with Crippen LogP contribution < -0.4 is 14.8 Å². The second-order valence-electron chi connectivity index (χ2n) is 6.81. The molecule has 1 heterocycles. The summed E-state index contributed by atoms with van der Waals surface area (Å²) in [5, 5.41) is 3.18. The number of halogens is 4. The van der Waals surface area contributed by atoms with Gasteiger partial charge in [-0.15, -0.1) is 12.4 Å². The van der Waals surface area contributed by atoms with Crippen LogP contribution in [0.15, 0.2) is 48.5 Å². The Balaban J connectivity index is 0.00000300. The summed E-state index contributed by atoms with van der Waals surface area (Å²) < 4.78 is 51.0. The monoisotopic (exact) mass is 430 g/mol. The van der Waals surface area contributed by atoms with E-state index in [1.165, 1.54) is 7.11 Å². The fraction of sp³-hybridized carbons (Fsp3) is 0.429. The van der Waals surface area contributed by atoms with Crippen molar-refractivity contribution in [2.75, 3.05) is 33.3 Å². The maximum atomic E-state index is 13.3. The highest BCUT2D eigenvalue weighted by molar-refractivity contribution is 5.85. The van der Waals surface area contributed by atoms with Gasteiger partial charge in [-0.25, -0.2) is 0 Å². The highest BCUT2D eigenvalue weighted by atomic mass is 35.5. The molecule has 0 amide bonds. The number of nitrogens with one attached hydrogen (secondary N) is 1. The first-order valence-electron chi connectivity index (χ1n) is 9.32. The second kappa shape index (κ2) is 10.7. The summed E-state index contributed by atoms with van der Waals surface area (Å²) >= 11 is 0. The fourth-order valence-electron chi connectivity index (χ4n) is 3.42. The number of hydrogen-bond acceptors (Lipinski definition) is 4. The van der Waals surface area contributed by atoms with E-state index in [-0.39, 0.29) is 12.4 Å². The van der Waals surface area contributed by atoms with Crippen molar-refractivity contribution in [1.82, 2.24) is 10.2 Å². The van der Waals surface area contributed by atoms with Crippen molar-refractivity contribution in [2.45, 2.75) is 25.2 Å². The number of methoxy groups -OCH3 is 1. The lowest BCUT2D eigenvalue weighted by Crippen LogP contribution is -2.46. The fourth-order valence-corrected chi connectivity index (χ4v) is 3.42. The molecule has 1 aliphatic rings. The molecule has 0 aliphatic carbocycles. The molecule has 1 N–H and O–H groups in total. The summed E-state index contributed by atoms with van der Waals surface area (Å²) in [6.07, 6.45) is -5.14. The maximum absolute atomic E-state index is 13.3. The first kappa shape index (κ1) is 23.3. The molecule has 0 unspecified atom stereocenters. The van der Waals surface area contributed by atoms with Crippen LogP contribution in [-0.2, 0) is 6.61 Å². The van der Waals surface area contributed by atoms with E-state index < -0.39 is 18.6 Å². The molecule has 1 atom stereocenters. The SMILES string of the molecule is COc1ccc([C@H](CC(F)(F)F)N2CCNCC2)cc1OCc1ccccc1.Cl. The van der Waals surface area contributed by atoms with Gasteiger partial charge in [-0.05, 0) is 23.3 Å². The maximum Gasteiger partial charge on any atom is 0.390 e. The molecule has 0 saturated carbocycles. The molecule has 1 aliphatic heterocycles. The van der Waals surface area contributed by atoms with Crippen LogP contribution in [0, 0.1) is 0 Å². The Morgan fingerprint density at radius 2 is 1.72 bits per heavy atom. The van der Waals surface area contributed by atoms with Gasteiger partial charge in [0.05, 0.1) is 13.5 Å². The zero-order valence-electron chi connectivity index (χ0n) is 16.2. The lowest BCUT2D eigenvalue weighted by molar-refractivity contribution is -0.148. The zero-order valence-corrected chi connectivity index (χ0v) is 17.1. The van der Waals surface area contributed by atoms with E-state index in [9.17, 15) is 13.2 Å². The summed E-state index contributed by atoms with van der Waals surface area (Å²) in [6.45, 7) is 2.84. The number of hydrogen-bond donors (Lipinski definition) is 1. The van der Waals surface area contributed by atoms with E-state index in [4.69, 9.17) is 9.47 Å². The third kappa shape index (κ3) is 6.80. The largest absolute Gasteiger partial charge is 0.493 e. The minimum atomic E-state index is -4.25. The normalized spacial score (nSPS) is 16.0. The minimum absolute atomic E-state index is 0. The van der Waals surface area contributed by atoms with E-state index in [1.54, 1.807) is 18.2 Å². The van der Waals surface area contributed by atoms with E-state index >= 15 is 0 Å². The molecule has 160 valence electrons. The van der Waals surface area contributed by atoms with Gasteiger partial charge < -0.3 is 14.8 Å². The predicted molar refractivity (Wildman–Crippen MR) is 109 cm³/mol. The van der Waals surface area contributed by atoms with Crippen LogP contribution in [0.5, 0.6) is 11.5 Å². The predicted octanol–water partition coefficient (Wildman–Crippen LogP) is 4.59. The molecule has 2 aromatic carbocycles. The van der Waals surface area contributed by atoms with Crippen LogP contribution >= 0.6 is 12.4 Å². The molecule has 1 fully saturated rings. The standard InChI is InChI=1S/C21H25F3N2O2.ClH/c1-27-19-8-7-17(13-20(19)28-15-16-5-3-2-4-6-16)18(14-21(22,23)24)26-11-9-25-10-12-26;/h2-8,13,18,25H,9-12,14-15H2,1H3;1H/t18-;/m0./s1. The van der Waals surface area contributed by atoms with E-state index in [2.05, 4.69) is 5.32 Å². The van der Waals surface area contributed by atoms with Gasteiger partial charge >= 0.3 is 6.18 Å². The molecular weight excluding hydrogens is 405 g/mol. The molecule has 0 spiro atoms.